The first-order chi connectivity index (χ1) is 6.95. The molecule has 0 atom stereocenters. The van der Waals surface area contributed by atoms with Gasteiger partial charge < -0.3 is 0 Å². The van der Waals surface area contributed by atoms with Crippen molar-refractivity contribution in [2.75, 3.05) is 0 Å². The summed E-state index contributed by atoms with van der Waals surface area (Å²) in [6.45, 7) is 0. The Morgan fingerprint density at radius 3 is 2.64 bits per heavy atom. The van der Waals surface area contributed by atoms with Gasteiger partial charge in [-0.15, -0.1) is 5.73 Å². The molecule has 14 heavy (non-hydrogen) atoms. The zero-order valence-corrected chi connectivity index (χ0v) is 7.98. The van der Waals surface area contributed by atoms with Crippen molar-refractivity contribution in [2.24, 2.45) is 0 Å². The summed E-state index contributed by atoms with van der Waals surface area (Å²) in [6.07, 6.45) is 11.4. The van der Waals surface area contributed by atoms with Gasteiger partial charge in [-0.05, 0) is 29.7 Å². The highest BCUT2D eigenvalue weighted by atomic mass is 14.0. The minimum atomic E-state index is 1.04. The van der Waals surface area contributed by atoms with Gasteiger partial charge in [0.15, 0.2) is 0 Å². The lowest BCUT2D eigenvalue weighted by atomic mass is 10.2. The Balaban J connectivity index is 2.07. The average Bonchev–Trinajstić information content (AvgIpc) is 2.72. The second-order valence-corrected chi connectivity index (χ2v) is 3.24. The van der Waals surface area contributed by atoms with Crippen molar-refractivity contribution >= 4 is 6.08 Å². The number of hydrogen-bond donors (Lipinski definition) is 0. The summed E-state index contributed by atoms with van der Waals surface area (Å²) < 4.78 is 0. The summed E-state index contributed by atoms with van der Waals surface area (Å²) in [7, 11) is 0. The Morgan fingerprint density at radius 2 is 1.93 bits per heavy atom. The van der Waals surface area contributed by atoms with Crippen LogP contribution < -0.4 is 0 Å². The molecule has 1 aliphatic rings. The highest BCUT2D eigenvalue weighted by Crippen LogP contribution is 2.10. The van der Waals surface area contributed by atoms with E-state index in [1.807, 2.05) is 30.4 Å². The van der Waals surface area contributed by atoms with Crippen LogP contribution in [0.3, 0.4) is 0 Å². The third-order valence-corrected chi connectivity index (χ3v) is 2.12. The molecule has 0 heterocycles. The van der Waals surface area contributed by atoms with Crippen LogP contribution in [0.2, 0.25) is 0 Å². The summed E-state index contributed by atoms with van der Waals surface area (Å²) in [6, 6.07) is 10.2. The molecule has 0 bridgehead atoms. The van der Waals surface area contributed by atoms with Gasteiger partial charge in [-0.1, -0.05) is 48.6 Å². The lowest BCUT2D eigenvalue weighted by Gasteiger charge is -1.88. The second kappa shape index (κ2) is 4.45. The SMILES string of the molecule is C(=CC1=CC=CC1)=Cc1ccccc1. The summed E-state index contributed by atoms with van der Waals surface area (Å²) in [4.78, 5) is 0. The van der Waals surface area contributed by atoms with Gasteiger partial charge in [0.05, 0.1) is 0 Å². The number of benzene rings is 1. The molecule has 0 aliphatic heterocycles. The first-order valence-corrected chi connectivity index (χ1v) is 4.78. The van der Waals surface area contributed by atoms with Gasteiger partial charge in [-0.3, -0.25) is 0 Å². The molecule has 0 saturated carbocycles. The molecule has 0 saturated heterocycles. The molecular formula is C14H12. The van der Waals surface area contributed by atoms with Crippen molar-refractivity contribution in [1.82, 2.24) is 0 Å². The van der Waals surface area contributed by atoms with Crippen LogP contribution in [0.5, 0.6) is 0 Å². The molecule has 0 N–H and O–H groups in total. The topological polar surface area (TPSA) is 0 Å². The average molecular weight is 180 g/mol. The monoisotopic (exact) mass is 180 g/mol. The lowest BCUT2D eigenvalue weighted by Crippen LogP contribution is -1.67. The summed E-state index contributed by atoms with van der Waals surface area (Å²) in [5, 5.41) is 0. The number of rotatable bonds is 2. The molecule has 0 heteroatoms. The van der Waals surface area contributed by atoms with Crippen LogP contribution in [0.15, 0.2) is 65.9 Å². The highest BCUT2D eigenvalue weighted by Gasteiger charge is 1.91. The Bertz CT molecular complexity index is 413. The van der Waals surface area contributed by atoms with Crippen LogP contribution in [0.1, 0.15) is 12.0 Å². The largest absolute Gasteiger partial charge is 0.120 e. The van der Waals surface area contributed by atoms with E-state index in [2.05, 4.69) is 36.1 Å². The zero-order chi connectivity index (χ0) is 9.64. The van der Waals surface area contributed by atoms with Crippen LogP contribution in [0.4, 0.5) is 0 Å². The third kappa shape index (κ3) is 2.35. The fourth-order valence-corrected chi connectivity index (χ4v) is 1.37. The van der Waals surface area contributed by atoms with E-state index < -0.39 is 0 Å². The second-order valence-electron chi connectivity index (χ2n) is 3.24. The number of hydrogen-bond acceptors (Lipinski definition) is 0. The van der Waals surface area contributed by atoms with Gasteiger partial charge >= 0.3 is 0 Å². The molecule has 0 aromatic heterocycles. The van der Waals surface area contributed by atoms with Crippen LogP contribution in [-0.4, -0.2) is 0 Å². The molecule has 1 aromatic rings. The van der Waals surface area contributed by atoms with Crippen molar-refractivity contribution in [1.29, 1.82) is 0 Å². The zero-order valence-electron chi connectivity index (χ0n) is 7.98. The van der Waals surface area contributed by atoms with Crippen LogP contribution in [0.25, 0.3) is 6.08 Å². The predicted molar refractivity (Wildman–Crippen MR) is 60.8 cm³/mol. The fraction of sp³-hybridized carbons (Fsp3) is 0.0714. The van der Waals surface area contributed by atoms with Crippen molar-refractivity contribution in [2.45, 2.75) is 6.42 Å². The fourth-order valence-electron chi connectivity index (χ4n) is 1.37. The quantitative estimate of drug-likeness (QED) is 0.608. The van der Waals surface area contributed by atoms with E-state index in [1.165, 1.54) is 11.1 Å². The van der Waals surface area contributed by atoms with Gasteiger partial charge in [0.25, 0.3) is 0 Å². The maximum atomic E-state index is 3.19. The van der Waals surface area contributed by atoms with Crippen molar-refractivity contribution in [3.8, 4) is 0 Å². The molecule has 0 unspecified atom stereocenters. The molecule has 2 rings (SSSR count). The van der Waals surface area contributed by atoms with Gasteiger partial charge in [0.1, 0.15) is 0 Å². The molecule has 1 aliphatic carbocycles. The Kier molecular flexibility index (Phi) is 2.80. The molecule has 68 valence electrons. The maximum absolute atomic E-state index is 3.19. The Labute approximate surface area is 84.6 Å². The number of allylic oxidation sites excluding steroid dienone is 5. The molecule has 0 radical (unpaired) electrons. The van der Waals surface area contributed by atoms with E-state index in [9.17, 15) is 0 Å². The summed E-state index contributed by atoms with van der Waals surface area (Å²) in [5.74, 6) is 0. The van der Waals surface area contributed by atoms with Gasteiger partial charge in [-0.25, -0.2) is 0 Å². The smallest absolute Gasteiger partial charge is 0.00882 e. The van der Waals surface area contributed by atoms with Crippen molar-refractivity contribution in [3.05, 3.63) is 71.5 Å². The predicted octanol–water partition coefficient (Wildman–Crippen LogP) is 3.74. The van der Waals surface area contributed by atoms with E-state index in [-0.39, 0.29) is 0 Å². The van der Waals surface area contributed by atoms with Gasteiger partial charge in [-0.2, -0.15) is 0 Å². The van der Waals surface area contributed by atoms with E-state index >= 15 is 0 Å². The molecule has 0 amide bonds. The third-order valence-electron chi connectivity index (χ3n) is 2.12. The molecular weight excluding hydrogens is 168 g/mol. The normalized spacial score (nSPS) is 13.3. The Morgan fingerprint density at radius 1 is 1.07 bits per heavy atom. The van der Waals surface area contributed by atoms with E-state index in [0.717, 1.165) is 6.42 Å². The Hall–Kier alpha value is -1.78. The van der Waals surface area contributed by atoms with E-state index in [4.69, 9.17) is 0 Å². The van der Waals surface area contributed by atoms with Crippen LogP contribution >= 0.6 is 0 Å². The van der Waals surface area contributed by atoms with Crippen molar-refractivity contribution in [3.63, 3.8) is 0 Å². The van der Waals surface area contributed by atoms with Crippen molar-refractivity contribution < 1.29 is 0 Å². The minimum absolute atomic E-state index is 1.04. The molecule has 1 aromatic carbocycles. The van der Waals surface area contributed by atoms with Crippen LogP contribution in [0, 0.1) is 0 Å². The van der Waals surface area contributed by atoms with E-state index in [0.29, 0.717) is 0 Å². The summed E-state index contributed by atoms with van der Waals surface area (Å²) in [5.41, 5.74) is 5.69. The van der Waals surface area contributed by atoms with Crippen LogP contribution in [-0.2, 0) is 0 Å². The maximum Gasteiger partial charge on any atom is -0.00882 e. The lowest BCUT2D eigenvalue weighted by molar-refractivity contribution is 1.34. The molecule has 0 spiro atoms. The minimum Gasteiger partial charge on any atom is -0.120 e. The van der Waals surface area contributed by atoms with E-state index in [1.54, 1.807) is 0 Å². The summed E-state index contributed by atoms with van der Waals surface area (Å²) >= 11 is 0. The standard InChI is InChI=1S/C14H12/c1-2-7-13(8-3-1)11-6-12-14-9-4-5-10-14/h1-5,7-9,11-12H,10H2. The first kappa shape index (κ1) is 8.80. The molecule has 0 fully saturated rings. The van der Waals surface area contributed by atoms with Gasteiger partial charge in [0, 0.05) is 0 Å². The van der Waals surface area contributed by atoms with Gasteiger partial charge in [0.2, 0.25) is 0 Å². The first-order valence-electron chi connectivity index (χ1n) is 4.78. The molecule has 0 nitrogen and oxygen atoms in total. The highest BCUT2D eigenvalue weighted by molar-refractivity contribution is 5.49.